The zero-order valence-electron chi connectivity index (χ0n) is 14.8. The molecule has 1 saturated heterocycles. The molecule has 1 fully saturated rings. The summed E-state index contributed by atoms with van der Waals surface area (Å²) in [5.41, 5.74) is 0.744. The first-order chi connectivity index (χ1) is 12.4. The summed E-state index contributed by atoms with van der Waals surface area (Å²) in [5.74, 6) is 0. The second kappa shape index (κ2) is 7.96. The summed E-state index contributed by atoms with van der Waals surface area (Å²) in [7, 11) is 4.12. The molecular weight excluding hydrogens is 375 g/mol. The number of ether oxygens (including phenoxy) is 1. The van der Waals surface area contributed by atoms with Crippen molar-refractivity contribution in [3.63, 3.8) is 0 Å². The maximum atomic E-state index is 12.6. The number of rotatable bonds is 5. The lowest BCUT2D eigenvalue weighted by atomic mass is 9.88. The van der Waals surface area contributed by atoms with Gasteiger partial charge in [-0.05, 0) is 51.2 Å². The van der Waals surface area contributed by atoms with E-state index in [1.807, 2.05) is 0 Å². The first-order valence-electron chi connectivity index (χ1n) is 8.46. The van der Waals surface area contributed by atoms with Gasteiger partial charge in [-0.3, -0.25) is 4.79 Å². The molecule has 0 radical (unpaired) electrons. The van der Waals surface area contributed by atoms with Gasteiger partial charge in [0.05, 0.1) is 17.6 Å². The Morgan fingerprint density at radius 2 is 1.88 bits per heavy atom. The van der Waals surface area contributed by atoms with Gasteiger partial charge in [0.2, 0.25) is 0 Å². The largest absolute Gasteiger partial charge is 0.381 e. The van der Waals surface area contributed by atoms with Gasteiger partial charge in [0.1, 0.15) is 5.02 Å². The third-order valence-electron chi connectivity index (χ3n) is 4.97. The van der Waals surface area contributed by atoms with Gasteiger partial charge in [-0.25, -0.2) is 0 Å². The molecule has 0 atom stereocenters. The van der Waals surface area contributed by atoms with E-state index in [9.17, 15) is 4.79 Å². The van der Waals surface area contributed by atoms with Gasteiger partial charge in [0.15, 0.2) is 0 Å². The van der Waals surface area contributed by atoms with Crippen molar-refractivity contribution in [2.75, 3.05) is 39.2 Å². The molecule has 26 heavy (non-hydrogen) atoms. The summed E-state index contributed by atoms with van der Waals surface area (Å²) in [6.45, 7) is 2.11. The lowest BCUT2D eigenvalue weighted by Gasteiger charge is -2.43. The van der Waals surface area contributed by atoms with Crippen LogP contribution in [0.1, 0.15) is 12.8 Å². The summed E-state index contributed by atoms with van der Waals surface area (Å²) in [4.78, 5) is 14.8. The van der Waals surface area contributed by atoms with Crippen molar-refractivity contribution in [2.24, 2.45) is 0 Å². The third kappa shape index (κ3) is 3.88. The molecule has 1 aliphatic rings. The van der Waals surface area contributed by atoms with Gasteiger partial charge in [0, 0.05) is 30.3 Å². The standard InChI is InChI=1S/C18H22Cl2N4O2/c1-23(2)18(7-9-26-10-8-18)12-21-15-11-22-24(17(25)16(15)20)14-5-3-13(19)4-6-14/h3-6,11,21H,7-10,12H2,1-2H3. The van der Waals surface area contributed by atoms with Crippen LogP contribution in [0, 0.1) is 0 Å². The van der Waals surface area contributed by atoms with Crippen LogP contribution in [0.5, 0.6) is 0 Å². The minimum absolute atomic E-state index is 0.0351. The highest BCUT2D eigenvalue weighted by molar-refractivity contribution is 6.33. The van der Waals surface area contributed by atoms with E-state index in [1.165, 1.54) is 4.68 Å². The van der Waals surface area contributed by atoms with Gasteiger partial charge in [-0.1, -0.05) is 23.2 Å². The highest BCUT2D eigenvalue weighted by Gasteiger charge is 2.34. The Morgan fingerprint density at radius 3 is 2.50 bits per heavy atom. The summed E-state index contributed by atoms with van der Waals surface area (Å²) in [6, 6.07) is 6.86. The van der Waals surface area contributed by atoms with Crippen LogP contribution in [0.25, 0.3) is 5.69 Å². The first-order valence-corrected chi connectivity index (χ1v) is 9.21. The van der Waals surface area contributed by atoms with E-state index >= 15 is 0 Å². The van der Waals surface area contributed by atoms with Crippen molar-refractivity contribution in [1.82, 2.24) is 14.7 Å². The number of halogens is 2. The summed E-state index contributed by atoms with van der Waals surface area (Å²) in [6.07, 6.45) is 3.42. The predicted octanol–water partition coefficient (Wildman–Crippen LogP) is 3.06. The smallest absolute Gasteiger partial charge is 0.292 e. The number of aromatic nitrogens is 2. The Balaban J connectivity index is 1.82. The highest BCUT2D eigenvalue weighted by atomic mass is 35.5. The number of benzene rings is 1. The molecule has 1 aromatic heterocycles. The number of hydrogen-bond acceptors (Lipinski definition) is 5. The van der Waals surface area contributed by atoms with E-state index in [-0.39, 0.29) is 16.1 Å². The van der Waals surface area contributed by atoms with Crippen LogP contribution in [-0.4, -0.2) is 54.1 Å². The van der Waals surface area contributed by atoms with Crippen molar-refractivity contribution < 1.29 is 4.74 Å². The molecule has 0 bridgehead atoms. The van der Waals surface area contributed by atoms with Gasteiger partial charge >= 0.3 is 0 Å². The van der Waals surface area contributed by atoms with Crippen LogP contribution >= 0.6 is 23.2 Å². The number of nitrogens with zero attached hydrogens (tertiary/aromatic N) is 3. The molecule has 140 valence electrons. The Morgan fingerprint density at radius 1 is 1.23 bits per heavy atom. The van der Waals surface area contributed by atoms with E-state index in [0.717, 1.165) is 26.1 Å². The average Bonchev–Trinajstić information content (AvgIpc) is 2.64. The molecule has 3 rings (SSSR count). The van der Waals surface area contributed by atoms with Crippen molar-refractivity contribution in [1.29, 1.82) is 0 Å². The molecule has 2 heterocycles. The quantitative estimate of drug-likeness (QED) is 0.841. The fraction of sp³-hybridized carbons (Fsp3) is 0.444. The van der Waals surface area contributed by atoms with E-state index in [1.54, 1.807) is 30.5 Å². The van der Waals surface area contributed by atoms with Gasteiger partial charge in [-0.2, -0.15) is 9.78 Å². The zero-order chi connectivity index (χ0) is 18.7. The van der Waals surface area contributed by atoms with E-state index < -0.39 is 0 Å². The number of anilines is 1. The summed E-state index contributed by atoms with van der Waals surface area (Å²) >= 11 is 12.2. The fourth-order valence-corrected chi connectivity index (χ4v) is 3.44. The van der Waals surface area contributed by atoms with Crippen LogP contribution < -0.4 is 10.9 Å². The second-order valence-corrected chi connectivity index (χ2v) is 7.46. The lowest BCUT2D eigenvalue weighted by Crippen LogP contribution is -2.53. The average molecular weight is 397 g/mol. The van der Waals surface area contributed by atoms with Crippen LogP contribution in [0.15, 0.2) is 35.3 Å². The second-order valence-electron chi connectivity index (χ2n) is 6.65. The van der Waals surface area contributed by atoms with Gasteiger partial charge < -0.3 is 15.0 Å². The number of likely N-dealkylation sites (N-methyl/N-ethyl adjacent to an activating group) is 1. The molecular formula is C18H22Cl2N4O2. The van der Waals surface area contributed by atoms with E-state index in [4.69, 9.17) is 27.9 Å². The summed E-state index contributed by atoms with van der Waals surface area (Å²) < 4.78 is 6.75. The SMILES string of the molecule is CN(C)C1(CNc2cnn(-c3ccc(Cl)cc3)c(=O)c2Cl)CCOCC1. The maximum absolute atomic E-state index is 12.6. The first kappa shape index (κ1) is 19.2. The Kier molecular flexibility index (Phi) is 5.87. The molecule has 6 nitrogen and oxygen atoms in total. The van der Waals surface area contributed by atoms with Crippen molar-refractivity contribution in [3.8, 4) is 5.69 Å². The van der Waals surface area contributed by atoms with Crippen LogP contribution in [0.4, 0.5) is 5.69 Å². The van der Waals surface area contributed by atoms with E-state index in [0.29, 0.717) is 22.9 Å². The normalized spacial score (nSPS) is 16.7. The summed E-state index contributed by atoms with van der Waals surface area (Å²) in [5, 5.41) is 8.27. The molecule has 0 amide bonds. The molecule has 1 aliphatic heterocycles. The van der Waals surface area contributed by atoms with E-state index in [2.05, 4.69) is 29.4 Å². The highest BCUT2D eigenvalue weighted by Crippen LogP contribution is 2.27. The van der Waals surface area contributed by atoms with Gasteiger partial charge in [0.25, 0.3) is 5.56 Å². The fourth-order valence-electron chi connectivity index (χ4n) is 3.12. The third-order valence-corrected chi connectivity index (χ3v) is 5.59. The Hall–Kier alpha value is -1.60. The molecule has 0 saturated carbocycles. The topological polar surface area (TPSA) is 59.4 Å². The molecule has 2 aromatic rings. The van der Waals surface area contributed by atoms with Crippen LogP contribution in [-0.2, 0) is 4.74 Å². The molecule has 0 aliphatic carbocycles. The van der Waals surface area contributed by atoms with Crippen molar-refractivity contribution >= 4 is 28.9 Å². The molecule has 1 aromatic carbocycles. The predicted molar refractivity (Wildman–Crippen MR) is 105 cm³/mol. The van der Waals surface area contributed by atoms with Crippen LogP contribution in [0.2, 0.25) is 10.0 Å². The maximum Gasteiger partial charge on any atom is 0.292 e. The number of nitrogens with one attached hydrogen (secondary N) is 1. The number of hydrogen-bond donors (Lipinski definition) is 1. The van der Waals surface area contributed by atoms with Crippen LogP contribution in [0.3, 0.4) is 0 Å². The minimum atomic E-state index is -0.370. The molecule has 1 N–H and O–H groups in total. The lowest BCUT2D eigenvalue weighted by molar-refractivity contribution is -0.000631. The monoisotopic (exact) mass is 396 g/mol. The Bertz CT molecular complexity index is 815. The van der Waals surface area contributed by atoms with Crippen molar-refractivity contribution in [2.45, 2.75) is 18.4 Å². The van der Waals surface area contributed by atoms with Crippen molar-refractivity contribution in [3.05, 3.63) is 50.9 Å². The molecule has 0 spiro atoms. The molecule has 0 unspecified atom stereocenters. The Labute approximate surface area is 162 Å². The molecule has 8 heteroatoms. The van der Waals surface area contributed by atoms with Gasteiger partial charge in [-0.15, -0.1) is 0 Å². The minimum Gasteiger partial charge on any atom is -0.381 e. The zero-order valence-corrected chi connectivity index (χ0v) is 16.3.